The molecule has 0 spiro atoms. The van der Waals surface area contributed by atoms with Gasteiger partial charge in [-0.2, -0.15) is 0 Å². The Kier molecular flexibility index (Phi) is 14.5. The van der Waals surface area contributed by atoms with E-state index in [1.165, 1.54) is 14.2 Å². The molecule has 0 bridgehead atoms. The van der Waals surface area contributed by atoms with Crippen LogP contribution in [0, 0.1) is 23.7 Å². The number of rotatable bonds is 8. The van der Waals surface area contributed by atoms with Crippen molar-refractivity contribution in [3.05, 3.63) is 23.7 Å². The van der Waals surface area contributed by atoms with Crippen molar-refractivity contribution in [1.29, 1.82) is 0 Å². The number of aldehydes is 2. The van der Waals surface area contributed by atoms with Gasteiger partial charge in [-0.05, 0) is 26.7 Å². The van der Waals surface area contributed by atoms with E-state index in [2.05, 4.69) is 9.47 Å². The molecule has 2 aliphatic heterocycles. The second-order valence-electron chi connectivity index (χ2n) is 7.60. The van der Waals surface area contributed by atoms with Crippen LogP contribution in [0.15, 0.2) is 23.7 Å². The van der Waals surface area contributed by atoms with Gasteiger partial charge in [0.1, 0.15) is 24.8 Å². The van der Waals surface area contributed by atoms with Crippen molar-refractivity contribution in [3.8, 4) is 0 Å². The van der Waals surface area contributed by atoms with Crippen LogP contribution < -0.4 is 10.2 Å². The van der Waals surface area contributed by atoms with E-state index in [0.717, 1.165) is 12.5 Å². The molecule has 2 heterocycles. The van der Waals surface area contributed by atoms with E-state index in [1.807, 2.05) is 0 Å². The van der Waals surface area contributed by atoms with Gasteiger partial charge in [-0.15, -0.1) is 0 Å². The number of hydrogen-bond acceptors (Lipinski definition) is 12. The van der Waals surface area contributed by atoms with Crippen molar-refractivity contribution in [1.82, 2.24) is 0 Å². The fraction of sp³-hybridized carbons (Fsp3) is 0.545. The predicted octanol–water partition coefficient (Wildman–Crippen LogP) is -2.31. The van der Waals surface area contributed by atoms with E-state index in [9.17, 15) is 39.0 Å². The summed E-state index contributed by atoms with van der Waals surface area (Å²) >= 11 is 0. The van der Waals surface area contributed by atoms with Crippen molar-refractivity contribution in [2.45, 2.75) is 38.9 Å². The first-order valence-electron chi connectivity index (χ1n) is 10.2. The van der Waals surface area contributed by atoms with E-state index in [4.69, 9.17) is 9.47 Å². The van der Waals surface area contributed by atoms with Crippen LogP contribution >= 0.6 is 0 Å². The monoisotopic (exact) mass is 522 g/mol. The Morgan fingerprint density at radius 3 is 1.34 bits per heavy atom. The number of carbonyl (C=O) groups is 6. The van der Waals surface area contributed by atoms with Crippen molar-refractivity contribution in [2.75, 3.05) is 14.2 Å². The van der Waals surface area contributed by atoms with Gasteiger partial charge >= 0.3 is 49.7 Å². The summed E-state index contributed by atoms with van der Waals surface area (Å²) in [6, 6.07) is 0. The van der Waals surface area contributed by atoms with Crippen LogP contribution in [-0.2, 0) is 47.7 Å². The van der Waals surface area contributed by atoms with Crippen LogP contribution in [0.25, 0.3) is 0 Å². The zero-order valence-corrected chi connectivity index (χ0v) is 22.0. The minimum absolute atomic E-state index is 0. The zero-order valence-electron chi connectivity index (χ0n) is 19.8. The molecule has 0 saturated heterocycles. The minimum Gasteiger partial charge on any atom is -0.550 e. The molecule has 2 aliphatic rings. The van der Waals surface area contributed by atoms with E-state index in [0.29, 0.717) is 12.6 Å². The van der Waals surface area contributed by atoms with Crippen molar-refractivity contribution >= 4 is 74.2 Å². The molecule has 6 unspecified atom stereocenters. The summed E-state index contributed by atoms with van der Waals surface area (Å²) in [5.41, 5.74) is 0.0961. The summed E-state index contributed by atoms with van der Waals surface area (Å²) < 4.78 is 19.3. The van der Waals surface area contributed by atoms with Crippen LogP contribution in [0.5, 0.6) is 0 Å². The third kappa shape index (κ3) is 8.93. The van der Waals surface area contributed by atoms with Gasteiger partial charge in [0, 0.05) is 23.8 Å². The van der Waals surface area contributed by atoms with Gasteiger partial charge in [-0.1, -0.05) is 0 Å². The topological polar surface area (TPSA) is 185 Å². The molecule has 0 radical (unpaired) electrons. The van der Waals surface area contributed by atoms with Gasteiger partial charge in [0.15, 0.2) is 0 Å². The quantitative estimate of drug-likeness (QED) is 0.189. The average molecular weight is 523 g/mol. The molecule has 0 fully saturated rings. The summed E-state index contributed by atoms with van der Waals surface area (Å²) in [7, 11) is 2.35. The van der Waals surface area contributed by atoms with E-state index >= 15 is 0 Å². The number of aliphatic carboxylic acids is 2. The summed E-state index contributed by atoms with van der Waals surface area (Å²) in [6.45, 7) is 3.26. The Labute approximate surface area is 231 Å². The Morgan fingerprint density at radius 1 is 0.800 bits per heavy atom. The summed E-state index contributed by atoms with van der Waals surface area (Å²) in [5.74, 6) is -7.00. The molecule has 35 heavy (non-hydrogen) atoms. The summed E-state index contributed by atoms with van der Waals surface area (Å²) in [4.78, 5) is 66.0. The normalized spacial score (nSPS) is 26.9. The maximum Gasteiger partial charge on any atom is 2.00 e. The first-order chi connectivity index (χ1) is 16.0. The van der Waals surface area contributed by atoms with Crippen LogP contribution in [0.4, 0.5) is 0 Å². The van der Waals surface area contributed by atoms with Crippen LogP contribution in [0.2, 0.25) is 0 Å². The molecule has 13 heteroatoms. The molecule has 0 aromatic rings. The smallest absolute Gasteiger partial charge is 0.550 e. The third-order valence-corrected chi connectivity index (χ3v) is 5.56. The molecule has 188 valence electrons. The van der Waals surface area contributed by atoms with Gasteiger partial charge in [-0.3, -0.25) is 0 Å². The Morgan fingerprint density at radius 2 is 1.11 bits per heavy atom. The van der Waals surface area contributed by atoms with Crippen LogP contribution in [0.3, 0.4) is 0 Å². The molecular weight excluding hydrogens is 496 g/mol. The van der Waals surface area contributed by atoms with E-state index in [-0.39, 0.29) is 48.9 Å². The van der Waals surface area contributed by atoms with Crippen LogP contribution in [0.1, 0.15) is 26.7 Å². The Bertz CT molecular complexity index is 794. The molecule has 6 atom stereocenters. The number of carbonyl (C=O) groups excluding carboxylic acids is 6. The minimum atomic E-state index is -1.33. The molecule has 0 amide bonds. The number of methoxy groups -OCH3 is 2. The molecule has 2 rings (SSSR count). The van der Waals surface area contributed by atoms with Crippen molar-refractivity contribution < 1.29 is 57.9 Å². The fourth-order valence-electron chi connectivity index (χ4n) is 3.68. The molecule has 12 nitrogen and oxygen atoms in total. The molecular formula is C22H26CaO12. The number of esters is 2. The van der Waals surface area contributed by atoms with Crippen molar-refractivity contribution in [2.24, 2.45) is 23.7 Å². The number of carboxylic acids is 2. The number of ether oxygens (including phenoxy) is 4. The summed E-state index contributed by atoms with van der Waals surface area (Å²) in [6.07, 6.45) is 1.70. The predicted molar refractivity (Wildman–Crippen MR) is 112 cm³/mol. The second kappa shape index (κ2) is 15.5. The standard InChI is InChI=1S/2C11H14O6.Ca/c2*1-6-8(4-12)7(3-10(13)14)9(5-17-6)11(15)16-2;/h2*4-8H,3H2,1-2H3,(H,13,14);/q;;+2/p-2. The van der Waals surface area contributed by atoms with Gasteiger partial charge < -0.3 is 48.3 Å². The average Bonchev–Trinajstić information content (AvgIpc) is 2.78. The van der Waals surface area contributed by atoms with Gasteiger partial charge in [0.25, 0.3) is 0 Å². The molecule has 0 aliphatic carbocycles. The number of carboxylic acid groups (broad SMARTS) is 2. The fourth-order valence-corrected chi connectivity index (χ4v) is 3.68. The molecule has 0 saturated carbocycles. The van der Waals surface area contributed by atoms with Crippen LogP contribution in [-0.4, -0.2) is 101 Å². The van der Waals surface area contributed by atoms with Gasteiger partial charge in [-0.25, -0.2) is 9.59 Å². The summed E-state index contributed by atoms with van der Waals surface area (Å²) in [5, 5.41) is 21.3. The molecule has 0 aromatic carbocycles. The molecule has 0 N–H and O–H groups in total. The largest absolute Gasteiger partial charge is 2.00 e. The Balaban J connectivity index is 0.000000642. The maximum absolute atomic E-state index is 11.4. The Hall–Kier alpha value is -2.44. The third-order valence-electron chi connectivity index (χ3n) is 5.56. The maximum atomic E-state index is 11.4. The number of hydrogen-bond donors (Lipinski definition) is 0. The first-order valence-corrected chi connectivity index (χ1v) is 10.2. The SMILES string of the molecule is COC(=O)C1=COC(C)C(C=O)C1CC(=O)[O-].COC(=O)C1=COC(C)C(C=O)C1CC(=O)[O-].[Ca+2]. The van der Waals surface area contributed by atoms with Gasteiger partial charge in [0.2, 0.25) is 0 Å². The van der Waals surface area contributed by atoms with E-state index < -0.39 is 72.6 Å². The van der Waals surface area contributed by atoms with E-state index in [1.54, 1.807) is 13.8 Å². The van der Waals surface area contributed by atoms with Gasteiger partial charge in [0.05, 0.1) is 49.7 Å². The first kappa shape index (κ1) is 32.6. The van der Waals surface area contributed by atoms with Crippen molar-refractivity contribution in [3.63, 3.8) is 0 Å². The zero-order chi connectivity index (χ0) is 26.0. The second-order valence-corrected chi connectivity index (χ2v) is 7.60. The molecule has 0 aromatic heterocycles.